The summed E-state index contributed by atoms with van der Waals surface area (Å²) in [5.41, 5.74) is 4.55. The number of carboxylic acids is 1. The van der Waals surface area contributed by atoms with E-state index in [-0.39, 0.29) is 0 Å². The van der Waals surface area contributed by atoms with Gasteiger partial charge in [-0.25, -0.2) is 0 Å². The largest absolute Gasteiger partial charge is 0.480 e. The first-order chi connectivity index (χ1) is 7.62. The fraction of sp³-hybridized carbons (Fsp3) is 0.125. The van der Waals surface area contributed by atoms with Crippen molar-refractivity contribution < 1.29 is 16.8 Å². The molecule has 3 nitrogen and oxygen atoms in total. The first-order valence-electron chi connectivity index (χ1n) is 5.41. The average molecular weight is 191 g/mol. The van der Waals surface area contributed by atoms with Crippen LogP contribution in [0.1, 0.15) is 18.4 Å². The minimum atomic E-state index is -2.73. The lowest BCUT2D eigenvalue weighted by Gasteiger charge is -2.07. The van der Waals surface area contributed by atoms with Crippen molar-refractivity contribution in [3.63, 3.8) is 0 Å². The molecule has 0 aliphatic rings. The molecule has 0 saturated heterocycles. The van der Waals surface area contributed by atoms with Crippen LogP contribution in [0.3, 0.4) is 0 Å². The quantitative estimate of drug-likeness (QED) is 0.742. The van der Waals surface area contributed by atoms with Gasteiger partial charge in [0.25, 0.3) is 0 Å². The van der Waals surface area contributed by atoms with Crippen molar-refractivity contribution in [1.29, 1.82) is 0 Å². The first kappa shape index (κ1) is 4.25. The Bertz CT molecular complexity index is 476. The molecule has 64 valence electrons. The van der Waals surface area contributed by atoms with E-state index >= 15 is 0 Å². The summed E-state index contributed by atoms with van der Waals surface area (Å²) >= 11 is 5.63. The zero-order valence-electron chi connectivity index (χ0n) is 10.8. The summed E-state index contributed by atoms with van der Waals surface area (Å²) in [4.78, 5) is 10.8. The molecule has 0 radical (unpaired) electrons. The summed E-state index contributed by atoms with van der Waals surface area (Å²) in [6, 6.07) is -5.36. The van der Waals surface area contributed by atoms with E-state index in [1.54, 1.807) is 0 Å². The summed E-state index contributed by atoms with van der Waals surface area (Å²) in [7, 11) is 0. The van der Waals surface area contributed by atoms with E-state index in [0.29, 0.717) is 0 Å². The highest BCUT2D eigenvalue weighted by atomic mass is 35.5. The molecule has 0 saturated carbocycles. The van der Waals surface area contributed by atoms with Gasteiger partial charge in [0.2, 0.25) is 0 Å². The number of aliphatic carboxylic acids is 1. The number of halogens is 1. The van der Waals surface area contributed by atoms with Crippen LogP contribution in [0.4, 0.5) is 0 Å². The van der Waals surface area contributed by atoms with Gasteiger partial charge in [-0.3, -0.25) is 4.79 Å². The number of hydrogen-bond donors (Lipinski definition) is 2. The highest BCUT2D eigenvalue weighted by molar-refractivity contribution is 6.31. The highest BCUT2D eigenvalue weighted by Gasteiger charge is 2.16. The zero-order valence-corrected chi connectivity index (χ0v) is 6.57. The fourth-order valence-electron chi connectivity index (χ4n) is 0.590. The lowest BCUT2D eigenvalue weighted by molar-refractivity contribution is -0.138. The van der Waals surface area contributed by atoms with Crippen LogP contribution < -0.4 is 5.73 Å². The molecule has 4 heteroatoms. The van der Waals surface area contributed by atoms with Gasteiger partial charge in [-0.15, -0.1) is 0 Å². The Kier molecular flexibility index (Phi) is 1.26. The van der Waals surface area contributed by atoms with Crippen molar-refractivity contribution in [2.75, 3.05) is 0 Å². The van der Waals surface area contributed by atoms with Gasteiger partial charge >= 0.3 is 5.97 Å². The normalized spacial score (nSPS) is 21.0. The van der Waals surface area contributed by atoms with E-state index in [9.17, 15) is 4.79 Å². The van der Waals surface area contributed by atoms with E-state index in [2.05, 4.69) is 0 Å². The molecule has 0 spiro atoms. The summed E-state index contributed by atoms with van der Waals surface area (Å²) in [6.45, 7) is 0. The maximum Gasteiger partial charge on any atom is 0.325 e. The molecule has 1 aromatic carbocycles. The van der Waals surface area contributed by atoms with Crippen LogP contribution >= 0.6 is 11.6 Å². The molecular formula is C8H8ClNO2. The topological polar surface area (TPSA) is 63.3 Å². The summed E-state index contributed by atoms with van der Waals surface area (Å²) in [5.74, 6) is -1.76. The van der Waals surface area contributed by atoms with E-state index in [0.717, 1.165) is 0 Å². The van der Waals surface area contributed by atoms with Crippen molar-refractivity contribution in [2.24, 2.45) is 5.73 Å². The molecule has 1 unspecified atom stereocenters. The monoisotopic (exact) mass is 190 g/mol. The molecule has 1 aromatic rings. The molecule has 0 aliphatic heterocycles. The van der Waals surface area contributed by atoms with Gasteiger partial charge in [-0.2, -0.15) is 0 Å². The molecule has 0 aromatic heterocycles. The first-order valence-corrected chi connectivity index (χ1v) is 3.28. The number of benzene rings is 1. The van der Waals surface area contributed by atoms with Crippen LogP contribution in [0.5, 0.6) is 0 Å². The smallest absolute Gasteiger partial charge is 0.325 e. The average Bonchev–Trinajstić information content (AvgIpc) is 2.23. The van der Waals surface area contributed by atoms with Crippen molar-refractivity contribution >= 4 is 17.6 Å². The van der Waals surface area contributed by atoms with Gasteiger partial charge in [0, 0.05) is 5.02 Å². The standard InChI is InChI=1S/C8H8ClNO2/c9-6-4-2-1-3-5(6)7(10)8(11)12/h1-4,7H,10H2,(H,11,12)/i1D,2D,3D,4D,7D. The number of nitrogens with two attached hydrogens (primary N) is 1. The zero-order chi connectivity index (χ0) is 13.5. The van der Waals surface area contributed by atoms with Gasteiger partial charge in [0.15, 0.2) is 0 Å². The fourth-order valence-corrected chi connectivity index (χ4v) is 0.786. The number of carboxylic acid groups (broad SMARTS) is 1. The molecule has 3 N–H and O–H groups in total. The predicted octanol–water partition coefficient (Wildman–Crippen LogP) is 1.42. The Balaban J connectivity index is 3.72. The van der Waals surface area contributed by atoms with E-state index in [4.69, 9.17) is 29.3 Å². The minimum absolute atomic E-state index is 0.559. The molecule has 1 rings (SSSR count). The maximum atomic E-state index is 10.8. The van der Waals surface area contributed by atoms with Crippen molar-refractivity contribution in [1.82, 2.24) is 0 Å². The van der Waals surface area contributed by atoms with Crippen molar-refractivity contribution in [2.45, 2.75) is 6.02 Å². The van der Waals surface area contributed by atoms with E-state index < -0.39 is 46.7 Å². The Hall–Kier alpha value is -1.06. The van der Waals surface area contributed by atoms with Crippen LogP contribution in [-0.4, -0.2) is 11.1 Å². The second-order valence-electron chi connectivity index (χ2n) is 1.91. The molecule has 0 fully saturated rings. The van der Waals surface area contributed by atoms with Crippen LogP contribution in [0.2, 0.25) is 5.02 Å². The van der Waals surface area contributed by atoms with Crippen molar-refractivity contribution in [3.05, 3.63) is 34.8 Å². The Morgan fingerprint density at radius 3 is 2.92 bits per heavy atom. The van der Waals surface area contributed by atoms with Gasteiger partial charge in [-0.1, -0.05) is 29.7 Å². The van der Waals surface area contributed by atoms with E-state index in [1.807, 2.05) is 0 Å². The lowest BCUT2D eigenvalue weighted by Crippen LogP contribution is -2.20. The second kappa shape index (κ2) is 3.56. The van der Waals surface area contributed by atoms with E-state index in [1.165, 1.54) is 0 Å². The maximum absolute atomic E-state index is 10.8. The lowest BCUT2D eigenvalue weighted by atomic mass is 10.1. The summed E-state index contributed by atoms with van der Waals surface area (Å²) < 4.78 is 36.9. The third kappa shape index (κ3) is 1.75. The molecule has 0 amide bonds. The minimum Gasteiger partial charge on any atom is -0.480 e. The van der Waals surface area contributed by atoms with Crippen LogP contribution in [-0.2, 0) is 4.79 Å². The second-order valence-corrected chi connectivity index (χ2v) is 2.29. The molecule has 0 bridgehead atoms. The van der Waals surface area contributed by atoms with Crippen LogP contribution in [0.25, 0.3) is 0 Å². The van der Waals surface area contributed by atoms with Crippen molar-refractivity contribution in [3.8, 4) is 0 Å². The Morgan fingerprint density at radius 1 is 1.75 bits per heavy atom. The SMILES string of the molecule is [2H]c1c([2H])c([2H])c(C([2H])(N)C(=O)O)c(Cl)c1[2H]. The molecule has 12 heavy (non-hydrogen) atoms. The number of carbonyl (C=O) groups is 1. The summed E-state index contributed by atoms with van der Waals surface area (Å²) in [5, 5.41) is 8.21. The molecular weight excluding hydrogens is 178 g/mol. The summed E-state index contributed by atoms with van der Waals surface area (Å²) in [6.07, 6.45) is 0. The Morgan fingerprint density at radius 2 is 2.33 bits per heavy atom. The molecule has 1 atom stereocenters. The van der Waals surface area contributed by atoms with Gasteiger partial charge in [0.1, 0.15) is 6.02 Å². The molecule has 0 aliphatic carbocycles. The number of hydrogen-bond acceptors (Lipinski definition) is 2. The van der Waals surface area contributed by atoms with Gasteiger partial charge < -0.3 is 10.8 Å². The Labute approximate surface area is 81.8 Å². The van der Waals surface area contributed by atoms with Gasteiger partial charge in [0.05, 0.1) is 6.85 Å². The molecule has 0 heterocycles. The number of rotatable bonds is 2. The van der Waals surface area contributed by atoms with Crippen LogP contribution in [0.15, 0.2) is 24.2 Å². The van der Waals surface area contributed by atoms with Crippen LogP contribution in [0, 0.1) is 0 Å². The third-order valence-electron chi connectivity index (χ3n) is 1.14. The predicted molar refractivity (Wildman–Crippen MR) is 46.0 cm³/mol. The van der Waals surface area contributed by atoms with Gasteiger partial charge in [-0.05, 0) is 11.6 Å². The highest BCUT2D eigenvalue weighted by Crippen LogP contribution is 2.20. The third-order valence-corrected chi connectivity index (χ3v) is 1.42.